The van der Waals surface area contributed by atoms with Crippen LogP contribution in [0.15, 0.2) is 48.5 Å². The normalized spacial score (nSPS) is 28.1. The van der Waals surface area contributed by atoms with E-state index in [0.717, 1.165) is 30.6 Å². The summed E-state index contributed by atoms with van der Waals surface area (Å²) < 4.78 is 0. The zero-order chi connectivity index (χ0) is 18.7. The number of hydrazine groups is 1. The molecule has 0 unspecified atom stereocenters. The number of rotatable bonds is 2. The van der Waals surface area contributed by atoms with E-state index in [1.807, 2.05) is 43.3 Å². The van der Waals surface area contributed by atoms with E-state index in [2.05, 4.69) is 10.0 Å². The summed E-state index contributed by atoms with van der Waals surface area (Å²) in [6.45, 7) is 3.59. The topological polar surface area (TPSA) is 43.9 Å². The van der Waals surface area contributed by atoms with Crippen LogP contribution in [-0.2, 0) is 9.59 Å². The molecular formula is C21H20ClN3O2. The molecule has 6 heteroatoms. The van der Waals surface area contributed by atoms with E-state index in [4.69, 9.17) is 11.6 Å². The molecule has 0 radical (unpaired) electrons. The first kappa shape index (κ1) is 16.9. The van der Waals surface area contributed by atoms with Crippen molar-refractivity contribution < 1.29 is 9.59 Å². The fraction of sp³-hybridized carbons (Fsp3) is 0.333. The molecule has 2 amide bonds. The SMILES string of the molecule is Cc1ccc(N2C(=O)[C@H]3[C@@H](C2=O)N2CCCN2[C@@H]3c2ccccc2)cc1Cl. The number of hydrogen-bond donors (Lipinski definition) is 0. The molecule has 3 aliphatic heterocycles. The molecule has 27 heavy (non-hydrogen) atoms. The summed E-state index contributed by atoms with van der Waals surface area (Å²) in [5.74, 6) is -0.663. The Balaban J connectivity index is 1.59. The van der Waals surface area contributed by atoms with E-state index in [1.54, 1.807) is 12.1 Å². The standard InChI is InChI=1S/C21H20ClN3O2/c1-13-8-9-15(12-16(13)22)25-20(26)17-18(14-6-3-2-4-7-14)23-10-5-11-24(23)19(17)21(25)27/h2-4,6-9,12,17-19H,5,10-11H2,1H3/t17-,18-,19+/m1/s1. The van der Waals surface area contributed by atoms with E-state index in [-0.39, 0.29) is 23.8 Å². The molecule has 0 saturated carbocycles. The number of imide groups is 1. The van der Waals surface area contributed by atoms with Crippen LogP contribution in [0.25, 0.3) is 0 Å². The van der Waals surface area contributed by atoms with Crippen LogP contribution in [0.4, 0.5) is 5.69 Å². The molecule has 0 N–H and O–H groups in total. The van der Waals surface area contributed by atoms with E-state index < -0.39 is 6.04 Å². The van der Waals surface area contributed by atoms with Gasteiger partial charge in [0.1, 0.15) is 6.04 Å². The van der Waals surface area contributed by atoms with Crippen molar-refractivity contribution in [1.29, 1.82) is 0 Å². The predicted octanol–water partition coefficient (Wildman–Crippen LogP) is 3.18. The molecule has 2 aromatic rings. The second-order valence-electron chi connectivity index (χ2n) is 7.45. The van der Waals surface area contributed by atoms with Gasteiger partial charge in [-0.3, -0.25) is 9.59 Å². The van der Waals surface area contributed by atoms with Crippen molar-refractivity contribution in [2.75, 3.05) is 18.0 Å². The highest BCUT2D eigenvalue weighted by Crippen LogP contribution is 2.49. The number of halogens is 1. The fourth-order valence-corrected chi connectivity index (χ4v) is 4.91. The average Bonchev–Trinajstić information content (AvgIpc) is 3.31. The summed E-state index contributed by atoms with van der Waals surface area (Å²) in [4.78, 5) is 28.1. The van der Waals surface area contributed by atoms with Crippen LogP contribution in [0, 0.1) is 12.8 Å². The molecule has 138 valence electrons. The first-order chi connectivity index (χ1) is 13.1. The van der Waals surface area contributed by atoms with Crippen molar-refractivity contribution in [2.45, 2.75) is 25.4 Å². The van der Waals surface area contributed by atoms with Gasteiger partial charge >= 0.3 is 0 Å². The Morgan fingerprint density at radius 3 is 2.33 bits per heavy atom. The molecule has 3 saturated heterocycles. The summed E-state index contributed by atoms with van der Waals surface area (Å²) >= 11 is 6.25. The van der Waals surface area contributed by atoms with Crippen molar-refractivity contribution in [3.05, 3.63) is 64.7 Å². The third kappa shape index (κ3) is 2.39. The van der Waals surface area contributed by atoms with Crippen LogP contribution in [0.5, 0.6) is 0 Å². The first-order valence-electron chi connectivity index (χ1n) is 9.30. The third-order valence-electron chi connectivity index (χ3n) is 5.96. The molecule has 0 aromatic heterocycles. The van der Waals surface area contributed by atoms with Crippen LogP contribution < -0.4 is 4.90 Å². The number of aryl methyl sites for hydroxylation is 1. The Morgan fingerprint density at radius 2 is 1.63 bits per heavy atom. The number of nitrogens with zero attached hydrogens (tertiary/aromatic N) is 3. The Bertz CT molecular complexity index is 932. The zero-order valence-electron chi connectivity index (χ0n) is 15.0. The Morgan fingerprint density at radius 1 is 0.926 bits per heavy atom. The van der Waals surface area contributed by atoms with Gasteiger partial charge in [0.05, 0.1) is 17.6 Å². The number of benzene rings is 2. The molecule has 0 bridgehead atoms. The quantitative estimate of drug-likeness (QED) is 0.749. The molecule has 0 aliphatic carbocycles. The van der Waals surface area contributed by atoms with Gasteiger partial charge in [0, 0.05) is 18.1 Å². The second kappa shape index (κ2) is 6.16. The fourth-order valence-electron chi connectivity index (χ4n) is 4.74. The van der Waals surface area contributed by atoms with E-state index in [0.29, 0.717) is 10.7 Å². The molecule has 0 spiro atoms. The van der Waals surface area contributed by atoms with Crippen LogP contribution >= 0.6 is 11.6 Å². The summed E-state index contributed by atoms with van der Waals surface area (Å²) in [5, 5.41) is 4.89. The first-order valence-corrected chi connectivity index (χ1v) is 9.68. The highest BCUT2D eigenvalue weighted by Gasteiger charge is 2.62. The third-order valence-corrected chi connectivity index (χ3v) is 6.37. The number of anilines is 1. The summed E-state index contributed by atoms with van der Waals surface area (Å²) in [5.41, 5.74) is 2.57. The lowest BCUT2D eigenvalue weighted by Crippen LogP contribution is -2.44. The van der Waals surface area contributed by atoms with Crippen LogP contribution in [0.2, 0.25) is 5.02 Å². The number of carbonyl (C=O) groups is 2. The maximum absolute atomic E-state index is 13.4. The lowest BCUT2D eigenvalue weighted by atomic mass is 9.90. The number of fused-ring (bicyclic) bond motifs is 3. The predicted molar refractivity (Wildman–Crippen MR) is 103 cm³/mol. The molecular weight excluding hydrogens is 362 g/mol. The van der Waals surface area contributed by atoms with Gasteiger partial charge in [-0.2, -0.15) is 0 Å². The molecule has 2 aromatic carbocycles. The summed E-state index contributed by atoms with van der Waals surface area (Å²) in [6.07, 6.45) is 1.00. The van der Waals surface area contributed by atoms with Gasteiger partial charge in [-0.05, 0) is 36.6 Å². The van der Waals surface area contributed by atoms with Crippen LogP contribution in [-0.4, -0.2) is 41.0 Å². The molecule has 3 fully saturated rings. The zero-order valence-corrected chi connectivity index (χ0v) is 15.8. The maximum atomic E-state index is 13.4. The lowest BCUT2D eigenvalue weighted by molar-refractivity contribution is -0.126. The van der Waals surface area contributed by atoms with Gasteiger partial charge in [-0.15, -0.1) is 0 Å². The summed E-state index contributed by atoms with van der Waals surface area (Å²) in [7, 11) is 0. The lowest BCUT2D eigenvalue weighted by Gasteiger charge is -2.29. The molecule has 5 nitrogen and oxygen atoms in total. The minimum Gasteiger partial charge on any atom is -0.274 e. The van der Waals surface area contributed by atoms with Crippen LogP contribution in [0.1, 0.15) is 23.6 Å². The molecule has 5 rings (SSSR count). The molecule has 3 aliphatic rings. The Kier molecular flexibility index (Phi) is 3.86. The van der Waals surface area contributed by atoms with Crippen molar-refractivity contribution in [1.82, 2.24) is 10.0 Å². The summed E-state index contributed by atoms with van der Waals surface area (Å²) in [6, 6.07) is 14.9. The smallest absolute Gasteiger partial charge is 0.253 e. The van der Waals surface area contributed by atoms with Crippen molar-refractivity contribution in [2.24, 2.45) is 5.92 Å². The minimum atomic E-state index is -0.426. The monoisotopic (exact) mass is 381 g/mol. The van der Waals surface area contributed by atoms with Gasteiger partial charge in [0.15, 0.2) is 0 Å². The highest BCUT2D eigenvalue weighted by molar-refractivity contribution is 6.32. The highest BCUT2D eigenvalue weighted by atomic mass is 35.5. The largest absolute Gasteiger partial charge is 0.274 e. The number of amides is 2. The van der Waals surface area contributed by atoms with E-state index >= 15 is 0 Å². The van der Waals surface area contributed by atoms with Gasteiger partial charge in [-0.25, -0.2) is 14.9 Å². The van der Waals surface area contributed by atoms with Gasteiger partial charge < -0.3 is 0 Å². The van der Waals surface area contributed by atoms with Crippen molar-refractivity contribution in [3.63, 3.8) is 0 Å². The Labute approximate surface area is 163 Å². The molecule has 3 heterocycles. The average molecular weight is 382 g/mol. The van der Waals surface area contributed by atoms with Crippen molar-refractivity contribution in [3.8, 4) is 0 Å². The van der Waals surface area contributed by atoms with E-state index in [1.165, 1.54) is 4.90 Å². The van der Waals surface area contributed by atoms with E-state index in [9.17, 15) is 9.59 Å². The van der Waals surface area contributed by atoms with Gasteiger partial charge in [0.2, 0.25) is 5.91 Å². The molecule has 3 atom stereocenters. The minimum absolute atomic E-state index is 0.0962. The Hall–Kier alpha value is -2.21. The number of hydrogen-bond acceptors (Lipinski definition) is 4. The number of carbonyl (C=O) groups excluding carboxylic acids is 2. The van der Waals surface area contributed by atoms with Gasteiger partial charge in [0.25, 0.3) is 5.91 Å². The maximum Gasteiger partial charge on any atom is 0.253 e. The van der Waals surface area contributed by atoms with Crippen molar-refractivity contribution >= 4 is 29.1 Å². The van der Waals surface area contributed by atoms with Gasteiger partial charge in [-0.1, -0.05) is 48.0 Å². The van der Waals surface area contributed by atoms with Crippen LogP contribution in [0.3, 0.4) is 0 Å². The second-order valence-corrected chi connectivity index (χ2v) is 7.86.